The van der Waals surface area contributed by atoms with Crippen LogP contribution in [0.2, 0.25) is 0 Å². The van der Waals surface area contributed by atoms with Crippen molar-refractivity contribution in [3.8, 4) is 12.1 Å². The number of carbonyl (C=O) groups is 1. The van der Waals surface area contributed by atoms with E-state index in [4.69, 9.17) is 5.73 Å². The third kappa shape index (κ3) is 3.56. The van der Waals surface area contributed by atoms with E-state index in [1.54, 1.807) is 24.3 Å². The number of benzene rings is 1. The summed E-state index contributed by atoms with van der Waals surface area (Å²) in [5.74, 6) is 0.133. The highest BCUT2D eigenvalue weighted by Crippen LogP contribution is 2.33. The monoisotopic (exact) mass is 336 g/mol. The minimum absolute atomic E-state index is 0.0521. The highest BCUT2D eigenvalue weighted by atomic mass is 32.2. The molecule has 0 saturated heterocycles. The van der Waals surface area contributed by atoms with Crippen molar-refractivity contribution in [2.75, 3.05) is 11.5 Å². The zero-order valence-electron chi connectivity index (χ0n) is 13.4. The number of aromatic nitrogens is 1. The number of Topliss-reactive ketones (excluding diaryl/α,β-unsaturated/α-hetero) is 1. The molecule has 0 unspecified atom stereocenters. The molecule has 0 fully saturated rings. The topological polar surface area (TPSA) is 104 Å². The smallest absolute Gasteiger partial charge is 0.173 e. The lowest BCUT2D eigenvalue weighted by Crippen LogP contribution is -2.09. The van der Waals surface area contributed by atoms with E-state index in [1.807, 2.05) is 26.0 Å². The Morgan fingerprint density at radius 2 is 1.83 bits per heavy atom. The van der Waals surface area contributed by atoms with Crippen LogP contribution in [0.3, 0.4) is 0 Å². The van der Waals surface area contributed by atoms with Gasteiger partial charge in [0.05, 0.1) is 16.9 Å². The molecule has 5 nitrogen and oxygen atoms in total. The summed E-state index contributed by atoms with van der Waals surface area (Å²) in [6, 6.07) is 13.1. The molecular weight excluding hydrogens is 320 g/mol. The average molecular weight is 336 g/mol. The third-order valence-electron chi connectivity index (χ3n) is 3.47. The maximum atomic E-state index is 12.2. The molecule has 2 aromatic rings. The largest absolute Gasteiger partial charge is 0.383 e. The number of nitriles is 2. The van der Waals surface area contributed by atoms with E-state index in [1.165, 1.54) is 11.8 Å². The first kappa shape index (κ1) is 17.5. The van der Waals surface area contributed by atoms with Crippen LogP contribution in [0.25, 0.3) is 0 Å². The van der Waals surface area contributed by atoms with Crippen LogP contribution >= 0.6 is 11.8 Å². The normalized spacial score (nSPS) is 10.2. The molecule has 0 aliphatic rings. The second-order valence-electron chi connectivity index (χ2n) is 5.42. The molecule has 0 radical (unpaired) electrons. The van der Waals surface area contributed by atoms with Gasteiger partial charge in [0.1, 0.15) is 23.0 Å². The van der Waals surface area contributed by atoms with Gasteiger partial charge in [0.15, 0.2) is 5.78 Å². The molecule has 2 rings (SSSR count). The minimum atomic E-state index is -0.0553. The van der Waals surface area contributed by atoms with Gasteiger partial charge in [-0.2, -0.15) is 10.5 Å². The van der Waals surface area contributed by atoms with Gasteiger partial charge in [-0.15, -0.1) is 0 Å². The average Bonchev–Trinajstić information content (AvgIpc) is 2.59. The summed E-state index contributed by atoms with van der Waals surface area (Å²) in [5, 5.41) is 19.2. The molecule has 1 aromatic heterocycles. The van der Waals surface area contributed by atoms with Crippen molar-refractivity contribution >= 4 is 23.4 Å². The van der Waals surface area contributed by atoms with E-state index in [0.717, 1.165) is 0 Å². The Kier molecular flexibility index (Phi) is 5.57. The van der Waals surface area contributed by atoms with Gasteiger partial charge < -0.3 is 5.73 Å². The molecular formula is C18H16N4OS. The molecule has 0 bridgehead atoms. The number of carbonyl (C=O) groups excluding carboxylic acids is 1. The maximum absolute atomic E-state index is 12.2. The Bertz CT molecular complexity index is 848. The molecule has 24 heavy (non-hydrogen) atoms. The van der Waals surface area contributed by atoms with Gasteiger partial charge in [-0.1, -0.05) is 55.9 Å². The summed E-state index contributed by atoms with van der Waals surface area (Å²) < 4.78 is 0. The first-order valence-electron chi connectivity index (χ1n) is 7.34. The fraction of sp³-hybridized carbons (Fsp3) is 0.222. The molecule has 1 heterocycles. The van der Waals surface area contributed by atoms with Gasteiger partial charge in [-0.05, 0) is 11.5 Å². The Balaban J connectivity index is 2.36. The SMILES string of the molecule is CC(C)c1c(C#N)c(N)nc(SCC(=O)c2ccccc2)c1C#N. The molecule has 120 valence electrons. The van der Waals surface area contributed by atoms with Gasteiger partial charge >= 0.3 is 0 Å². The van der Waals surface area contributed by atoms with Crippen molar-refractivity contribution in [2.24, 2.45) is 0 Å². The molecule has 6 heteroatoms. The van der Waals surface area contributed by atoms with Crippen LogP contribution in [-0.4, -0.2) is 16.5 Å². The molecule has 0 amide bonds. The first-order chi connectivity index (χ1) is 11.5. The predicted molar refractivity (Wildman–Crippen MR) is 93.7 cm³/mol. The highest BCUT2D eigenvalue weighted by molar-refractivity contribution is 8.00. The second-order valence-corrected chi connectivity index (χ2v) is 6.39. The van der Waals surface area contributed by atoms with Crippen LogP contribution in [0.5, 0.6) is 0 Å². The highest BCUT2D eigenvalue weighted by Gasteiger charge is 2.21. The van der Waals surface area contributed by atoms with Crippen molar-refractivity contribution in [1.82, 2.24) is 4.98 Å². The number of ketones is 1. The molecule has 0 spiro atoms. The number of hydrogen-bond donors (Lipinski definition) is 1. The van der Waals surface area contributed by atoms with Crippen molar-refractivity contribution in [1.29, 1.82) is 10.5 Å². The fourth-order valence-corrected chi connectivity index (χ4v) is 3.25. The van der Waals surface area contributed by atoms with E-state index < -0.39 is 0 Å². The van der Waals surface area contributed by atoms with E-state index in [-0.39, 0.29) is 28.8 Å². The molecule has 0 atom stereocenters. The number of thioether (sulfide) groups is 1. The zero-order chi connectivity index (χ0) is 17.7. The molecule has 1 aromatic carbocycles. The van der Waals surface area contributed by atoms with Crippen LogP contribution in [0.4, 0.5) is 5.82 Å². The second kappa shape index (κ2) is 7.63. The summed E-state index contributed by atoms with van der Waals surface area (Å²) in [6.07, 6.45) is 0. The van der Waals surface area contributed by atoms with Crippen LogP contribution in [0, 0.1) is 22.7 Å². The first-order valence-corrected chi connectivity index (χ1v) is 8.32. The molecule has 0 aliphatic carbocycles. The number of nitrogens with two attached hydrogens (primary N) is 1. The number of nitrogens with zero attached hydrogens (tertiary/aromatic N) is 3. The number of anilines is 1. The maximum Gasteiger partial charge on any atom is 0.173 e. The van der Waals surface area contributed by atoms with E-state index in [9.17, 15) is 15.3 Å². The summed E-state index contributed by atoms with van der Waals surface area (Å²) in [7, 11) is 0. The van der Waals surface area contributed by atoms with Crippen LogP contribution in [0.15, 0.2) is 35.4 Å². The van der Waals surface area contributed by atoms with Gasteiger partial charge in [-0.25, -0.2) is 4.98 Å². The lowest BCUT2D eigenvalue weighted by atomic mass is 9.94. The number of pyridine rings is 1. The molecule has 2 N–H and O–H groups in total. The van der Waals surface area contributed by atoms with Gasteiger partial charge in [-0.3, -0.25) is 4.79 Å². The molecule has 0 saturated carbocycles. The number of rotatable bonds is 5. The Morgan fingerprint density at radius 3 is 2.38 bits per heavy atom. The Labute approximate surface area is 145 Å². The lowest BCUT2D eigenvalue weighted by molar-refractivity contribution is 0.102. The van der Waals surface area contributed by atoms with Crippen molar-refractivity contribution in [2.45, 2.75) is 24.8 Å². The number of hydrogen-bond acceptors (Lipinski definition) is 6. The van der Waals surface area contributed by atoms with Crippen LogP contribution < -0.4 is 5.73 Å². The lowest BCUT2D eigenvalue weighted by Gasteiger charge is -2.14. The van der Waals surface area contributed by atoms with Crippen molar-refractivity contribution in [3.05, 3.63) is 52.6 Å². The summed E-state index contributed by atoms with van der Waals surface area (Å²) >= 11 is 1.17. The Hall–Kier alpha value is -2.83. The van der Waals surface area contributed by atoms with E-state index in [2.05, 4.69) is 11.1 Å². The Morgan fingerprint density at radius 1 is 1.21 bits per heavy atom. The predicted octanol–water partition coefficient (Wildman–Crippen LogP) is 3.51. The van der Waals surface area contributed by atoms with E-state index in [0.29, 0.717) is 21.7 Å². The van der Waals surface area contributed by atoms with Gasteiger partial charge in [0.25, 0.3) is 0 Å². The number of nitrogen functional groups attached to an aromatic ring is 1. The summed E-state index contributed by atoms with van der Waals surface area (Å²) in [6.45, 7) is 3.78. The minimum Gasteiger partial charge on any atom is -0.383 e. The van der Waals surface area contributed by atoms with Gasteiger partial charge in [0.2, 0.25) is 0 Å². The van der Waals surface area contributed by atoms with Crippen molar-refractivity contribution in [3.63, 3.8) is 0 Å². The summed E-state index contributed by atoms with van der Waals surface area (Å²) in [5.41, 5.74) is 7.62. The zero-order valence-corrected chi connectivity index (χ0v) is 14.2. The van der Waals surface area contributed by atoms with Gasteiger partial charge in [0, 0.05) is 5.56 Å². The third-order valence-corrected chi connectivity index (χ3v) is 4.44. The standard InChI is InChI=1S/C18H16N4OS/c1-11(2)16-13(8-19)17(21)22-18(14(16)9-20)24-10-15(23)12-6-4-3-5-7-12/h3-7,11H,10H2,1-2H3,(H2,21,22). The molecule has 0 aliphatic heterocycles. The van der Waals surface area contributed by atoms with E-state index >= 15 is 0 Å². The summed E-state index contributed by atoms with van der Waals surface area (Å²) in [4.78, 5) is 16.4. The van der Waals surface area contributed by atoms with Crippen LogP contribution in [-0.2, 0) is 0 Å². The van der Waals surface area contributed by atoms with Crippen molar-refractivity contribution < 1.29 is 4.79 Å². The quantitative estimate of drug-likeness (QED) is 0.662. The fourth-order valence-electron chi connectivity index (χ4n) is 2.35. The van der Waals surface area contributed by atoms with Crippen LogP contribution in [0.1, 0.15) is 46.8 Å².